The summed E-state index contributed by atoms with van der Waals surface area (Å²) in [6, 6.07) is 76.2. The van der Waals surface area contributed by atoms with E-state index in [1.807, 2.05) is 11.3 Å². The van der Waals surface area contributed by atoms with Crippen LogP contribution in [-0.2, 0) is 0 Å². The van der Waals surface area contributed by atoms with Crippen molar-refractivity contribution < 1.29 is 0 Å². The van der Waals surface area contributed by atoms with E-state index in [0.29, 0.717) is 0 Å². The zero-order valence-electron chi connectivity index (χ0n) is 30.0. The van der Waals surface area contributed by atoms with Gasteiger partial charge in [-0.2, -0.15) is 0 Å². The van der Waals surface area contributed by atoms with Gasteiger partial charge in [-0.25, -0.2) is 0 Å². The first-order valence-corrected chi connectivity index (χ1v) is 19.7. The maximum Gasteiger partial charge on any atom is 0.0349 e. The average molecular weight is 715 g/mol. The largest absolute Gasteiger partial charge is 0.135 e. The van der Waals surface area contributed by atoms with Crippen molar-refractivity contribution in [3.63, 3.8) is 0 Å². The summed E-state index contributed by atoms with van der Waals surface area (Å²) in [4.78, 5) is 2.55. The lowest BCUT2D eigenvalue weighted by atomic mass is 9.84. The summed E-state index contributed by atoms with van der Waals surface area (Å²) in [5.41, 5.74) is 9.94. The molecule has 1 heteroatoms. The molecule has 0 aliphatic rings. The predicted molar refractivity (Wildman–Crippen MR) is 239 cm³/mol. The van der Waals surface area contributed by atoms with Gasteiger partial charge >= 0.3 is 0 Å². The Kier molecular flexibility index (Phi) is 7.46. The van der Waals surface area contributed by atoms with E-state index < -0.39 is 0 Å². The second kappa shape index (κ2) is 13.0. The lowest BCUT2D eigenvalue weighted by molar-refractivity contribution is 1.63. The highest BCUT2D eigenvalue weighted by Crippen LogP contribution is 2.46. The third kappa shape index (κ3) is 5.52. The first-order chi connectivity index (χ1) is 27.2. The van der Waals surface area contributed by atoms with Gasteiger partial charge in [0.05, 0.1) is 0 Å². The number of fused-ring (bicyclic) bond motifs is 5. The first kappa shape index (κ1) is 31.7. The van der Waals surface area contributed by atoms with Gasteiger partial charge in [-0.3, -0.25) is 0 Å². The highest BCUT2D eigenvalue weighted by molar-refractivity contribution is 7.18. The summed E-state index contributed by atoms with van der Waals surface area (Å²) in [7, 11) is 0. The van der Waals surface area contributed by atoms with Crippen LogP contribution in [0.3, 0.4) is 0 Å². The standard InChI is InChI=1S/C54H34S/c1-4-13-38-30-44(23-20-35(38)10-1)52-29-28-51(55-52)43-17-9-16-41(31-43)42-26-27-49-50(34-42)54(46-25-22-37-12-3-6-15-40(37)33-46)48-19-8-7-18-47(48)53(49)45-24-21-36-11-2-5-14-39(36)32-45/h1-34H. The molecule has 11 aromatic rings. The van der Waals surface area contributed by atoms with Gasteiger partial charge in [-0.1, -0.05) is 164 Å². The molecule has 0 radical (unpaired) electrons. The molecule has 0 amide bonds. The zero-order valence-corrected chi connectivity index (χ0v) is 30.9. The van der Waals surface area contributed by atoms with Gasteiger partial charge in [-0.15, -0.1) is 11.3 Å². The van der Waals surface area contributed by atoms with Crippen LogP contribution in [-0.4, -0.2) is 0 Å². The minimum absolute atomic E-state index is 1.21. The molecular formula is C54H34S. The summed E-state index contributed by atoms with van der Waals surface area (Å²) >= 11 is 1.86. The molecule has 1 heterocycles. The Bertz CT molecular complexity index is 3270. The summed E-state index contributed by atoms with van der Waals surface area (Å²) in [6.45, 7) is 0. The summed E-state index contributed by atoms with van der Waals surface area (Å²) in [6.07, 6.45) is 0. The lowest BCUT2D eigenvalue weighted by Gasteiger charge is -2.19. The lowest BCUT2D eigenvalue weighted by Crippen LogP contribution is -1.92. The van der Waals surface area contributed by atoms with Crippen molar-refractivity contribution in [1.29, 1.82) is 0 Å². The van der Waals surface area contributed by atoms with Crippen molar-refractivity contribution in [2.24, 2.45) is 0 Å². The Balaban J connectivity index is 1.10. The average Bonchev–Trinajstić information content (AvgIpc) is 3.76. The molecule has 0 saturated carbocycles. The molecule has 0 aliphatic carbocycles. The molecule has 0 fully saturated rings. The number of hydrogen-bond acceptors (Lipinski definition) is 1. The maximum absolute atomic E-state index is 2.44. The quantitative estimate of drug-likeness (QED) is 0.156. The van der Waals surface area contributed by atoms with Crippen molar-refractivity contribution in [2.75, 3.05) is 0 Å². The number of thiophene rings is 1. The minimum atomic E-state index is 1.21. The van der Waals surface area contributed by atoms with E-state index in [1.165, 1.54) is 108 Å². The molecule has 0 aliphatic heterocycles. The highest BCUT2D eigenvalue weighted by Gasteiger charge is 2.18. The monoisotopic (exact) mass is 714 g/mol. The fourth-order valence-corrected chi connectivity index (χ4v) is 9.51. The molecule has 256 valence electrons. The van der Waals surface area contributed by atoms with Crippen LogP contribution in [0.25, 0.3) is 108 Å². The molecule has 10 aromatic carbocycles. The summed E-state index contributed by atoms with van der Waals surface area (Å²) in [5, 5.41) is 12.6. The van der Waals surface area contributed by atoms with Crippen LogP contribution in [0.1, 0.15) is 0 Å². The minimum Gasteiger partial charge on any atom is -0.135 e. The summed E-state index contributed by atoms with van der Waals surface area (Å²) < 4.78 is 0. The fourth-order valence-electron chi connectivity index (χ4n) is 8.51. The topological polar surface area (TPSA) is 0 Å². The molecule has 0 spiro atoms. The summed E-state index contributed by atoms with van der Waals surface area (Å²) in [5.74, 6) is 0. The van der Waals surface area contributed by atoms with Gasteiger partial charge in [0.2, 0.25) is 0 Å². The molecule has 0 atom stereocenters. The van der Waals surface area contributed by atoms with Crippen LogP contribution in [0.4, 0.5) is 0 Å². The second-order valence-electron chi connectivity index (χ2n) is 14.5. The Morgan fingerprint density at radius 2 is 0.618 bits per heavy atom. The van der Waals surface area contributed by atoms with Gasteiger partial charge in [0.1, 0.15) is 0 Å². The number of benzene rings is 10. The van der Waals surface area contributed by atoms with Crippen molar-refractivity contribution in [3.8, 4) is 54.3 Å². The molecule has 11 rings (SSSR count). The van der Waals surface area contributed by atoms with Crippen LogP contribution in [0.5, 0.6) is 0 Å². The van der Waals surface area contributed by atoms with Crippen molar-refractivity contribution in [3.05, 3.63) is 206 Å². The molecule has 0 unspecified atom stereocenters. The number of hydrogen-bond donors (Lipinski definition) is 0. The van der Waals surface area contributed by atoms with Gasteiger partial charge < -0.3 is 0 Å². The molecule has 0 nitrogen and oxygen atoms in total. The molecule has 55 heavy (non-hydrogen) atoms. The SMILES string of the molecule is c1cc(-c2ccc3c(-c4ccc5ccccc5c4)c4ccccc4c(-c4ccc5ccccc5c4)c3c2)cc(-c2ccc(-c3ccc4ccccc4c3)s2)c1. The van der Waals surface area contributed by atoms with E-state index in [9.17, 15) is 0 Å². The van der Waals surface area contributed by atoms with Crippen LogP contribution >= 0.6 is 11.3 Å². The Morgan fingerprint density at radius 1 is 0.218 bits per heavy atom. The molecule has 0 bridgehead atoms. The van der Waals surface area contributed by atoms with Crippen LogP contribution in [0.15, 0.2) is 206 Å². The third-order valence-corrected chi connectivity index (χ3v) is 12.4. The molecular weight excluding hydrogens is 681 g/mol. The van der Waals surface area contributed by atoms with E-state index in [-0.39, 0.29) is 0 Å². The van der Waals surface area contributed by atoms with Crippen molar-refractivity contribution >= 4 is 65.2 Å². The van der Waals surface area contributed by atoms with E-state index in [1.54, 1.807) is 0 Å². The molecule has 0 N–H and O–H groups in total. The van der Waals surface area contributed by atoms with Gasteiger partial charge in [0.15, 0.2) is 0 Å². The molecule has 0 saturated heterocycles. The van der Waals surface area contributed by atoms with E-state index in [2.05, 4.69) is 206 Å². The fraction of sp³-hybridized carbons (Fsp3) is 0. The van der Waals surface area contributed by atoms with E-state index in [4.69, 9.17) is 0 Å². The van der Waals surface area contributed by atoms with Crippen molar-refractivity contribution in [1.82, 2.24) is 0 Å². The normalized spacial score (nSPS) is 11.6. The highest BCUT2D eigenvalue weighted by atomic mass is 32.1. The second-order valence-corrected chi connectivity index (χ2v) is 15.6. The number of rotatable bonds is 5. The van der Waals surface area contributed by atoms with Crippen LogP contribution in [0.2, 0.25) is 0 Å². The first-order valence-electron chi connectivity index (χ1n) is 18.9. The predicted octanol–water partition coefficient (Wildman–Crippen LogP) is 15.8. The van der Waals surface area contributed by atoms with E-state index in [0.717, 1.165) is 0 Å². The van der Waals surface area contributed by atoms with E-state index >= 15 is 0 Å². The Hall–Kier alpha value is -6.80. The molecule has 1 aromatic heterocycles. The zero-order chi connectivity index (χ0) is 36.3. The van der Waals surface area contributed by atoms with Crippen LogP contribution in [0, 0.1) is 0 Å². The van der Waals surface area contributed by atoms with Crippen LogP contribution < -0.4 is 0 Å². The van der Waals surface area contributed by atoms with Crippen molar-refractivity contribution in [2.45, 2.75) is 0 Å². The maximum atomic E-state index is 2.44. The third-order valence-electron chi connectivity index (χ3n) is 11.2. The van der Waals surface area contributed by atoms with Gasteiger partial charge in [0.25, 0.3) is 0 Å². The Morgan fingerprint density at radius 3 is 1.20 bits per heavy atom. The van der Waals surface area contributed by atoms with Gasteiger partial charge in [0, 0.05) is 9.75 Å². The Labute approximate surface area is 324 Å². The van der Waals surface area contributed by atoms with Gasteiger partial charge in [-0.05, 0) is 141 Å². The smallest absolute Gasteiger partial charge is 0.0349 e.